The number of fused-ring (bicyclic) bond motifs is 6. The van der Waals surface area contributed by atoms with E-state index in [0.717, 1.165) is 19.5 Å². The second-order valence-corrected chi connectivity index (χ2v) is 7.02. The van der Waals surface area contributed by atoms with E-state index in [1.165, 1.54) is 33.6 Å². The summed E-state index contributed by atoms with van der Waals surface area (Å²) in [6.07, 6.45) is 1.47. The quantitative estimate of drug-likeness (QED) is 0.666. The van der Waals surface area contributed by atoms with E-state index >= 15 is 0 Å². The van der Waals surface area contributed by atoms with Crippen LogP contribution in [0.4, 0.5) is 11.4 Å². The molecule has 26 heavy (non-hydrogen) atoms. The van der Waals surface area contributed by atoms with E-state index in [4.69, 9.17) is 0 Å². The number of aryl methyl sites for hydroxylation is 1. The number of anilines is 1. The first-order chi connectivity index (χ1) is 12.4. The SMILES string of the molecule is CCc1ccc(N2CC[NH+]3c4ccccc4-c4ccccc4C23)cc1.[Br-]. The van der Waals surface area contributed by atoms with Gasteiger partial charge < -0.3 is 21.9 Å². The summed E-state index contributed by atoms with van der Waals surface area (Å²) < 4.78 is 0. The molecule has 0 spiro atoms. The highest BCUT2D eigenvalue weighted by atomic mass is 79.9. The second-order valence-electron chi connectivity index (χ2n) is 7.02. The number of nitrogens with one attached hydrogen (secondary N) is 1. The summed E-state index contributed by atoms with van der Waals surface area (Å²) >= 11 is 0. The van der Waals surface area contributed by atoms with E-state index in [1.54, 1.807) is 4.90 Å². The predicted octanol–water partition coefficient (Wildman–Crippen LogP) is 0.969. The molecule has 2 atom stereocenters. The third-order valence-corrected chi connectivity index (χ3v) is 5.76. The van der Waals surface area contributed by atoms with Crippen molar-refractivity contribution in [2.24, 2.45) is 0 Å². The van der Waals surface area contributed by atoms with Gasteiger partial charge in [-0.05, 0) is 41.8 Å². The third-order valence-electron chi connectivity index (χ3n) is 5.76. The number of hydrogen-bond donors (Lipinski definition) is 1. The van der Waals surface area contributed by atoms with Gasteiger partial charge in [-0.2, -0.15) is 0 Å². The minimum atomic E-state index is 0. The Morgan fingerprint density at radius 1 is 0.885 bits per heavy atom. The molecular weight excluding hydrogens is 384 g/mol. The van der Waals surface area contributed by atoms with E-state index in [2.05, 4.69) is 84.6 Å². The van der Waals surface area contributed by atoms with Crippen LogP contribution in [-0.4, -0.2) is 13.1 Å². The molecule has 2 nitrogen and oxygen atoms in total. The lowest BCUT2D eigenvalue weighted by atomic mass is 9.91. The Labute approximate surface area is 165 Å². The van der Waals surface area contributed by atoms with Gasteiger partial charge >= 0.3 is 0 Å². The van der Waals surface area contributed by atoms with Crippen LogP contribution in [0.15, 0.2) is 72.8 Å². The van der Waals surface area contributed by atoms with Crippen molar-refractivity contribution in [1.82, 2.24) is 0 Å². The Morgan fingerprint density at radius 3 is 2.35 bits per heavy atom. The monoisotopic (exact) mass is 406 g/mol. The van der Waals surface area contributed by atoms with E-state index in [0.29, 0.717) is 6.17 Å². The lowest BCUT2D eigenvalue weighted by Crippen LogP contribution is -3.07. The van der Waals surface area contributed by atoms with Gasteiger partial charge in [0.05, 0.1) is 6.54 Å². The molecule has 3 aromatic carbocycles. The Balaban J connectivity index is 0.00000168. The zero-order chi connectivity index (χ0) is 16.8. The van der Waals surface area contributed by atoms with Crippen molar-refractivity contribution in [2.75, 3.05) is 18.0 Å². The zero-order valence-corrected chi connectivity index (χ0v) is 16.5. The Kier molecular flexibility index (Phi) is 4.60. The summed E-state index contributed by atoms with van der Waals surface area (Å²) in [5, 5.41) is 0. The third kappa shape index (κ3) is 2.58. The van der Waals surface area contributed by atoms with Crippen LogP contribution in [0.3, 0.4) is 0 Å². The molecule has 3 aromatic rings. The van der Waals surface area contributed by atoms with Gasteiger partial charge in [-0.15, -0.1) is 0 Å². The van der Waals surface area contributed by atoms with Gasteiger partial charge in [-0.3, -0.25) is 4.90 Å². The van der Waals surface area contributed by atoms with E-state index in [1.807, 2.05) is 0 Å². The standard InChI is InChI=1S/C23H22N2.BrH/c1-2-17-11-13-18(14-12-17)24-15-16-25-22-10-6-5-8-20(22)19-7-3-4-9-21(19)23(24)25;/h3-14,23H,2,15-16H2,1H3;1H. The number of para-hydroxylation sites is 1. The fourth-order valence-electron chi connectivity index (χ4n) is 4.51. The highest BCUT2D eigenvalue weighted by Crippen LogP contribution is 2.39. The van der Waals surface area contributed by atoms with Crippen LogP contribution >= 0.6 is 0 Å². The Bertz CT molecular complexity index is 920. The van der Waals surface area contributed by atoms with Crippen LogP contribution in [0, 0.1) is 0 Å². The largest absolute Gasteiger partial charge is 1.00 e. The Hall–Kier alpha value is -2.10. The minimum absolute atomic E-state index is 0. The second kappa shape index (κ2) is 6.90. The van der Waals surface area contributed by atoms with Crippen LogP contribution in [0.5, 0.6) is 0 Å². The lowest BCUT2D eigenvalue weighted by molar-refractivity contribution is -0.851. The first-order valence-electron chi connectivity index (χ1n) is 9.27. The maximum absolute atomic E-state index is 2.59. The number of nitrogens with zero attached hydrogens (tertiary/aromatic N) is 1. The average molecular weight is 407 g/mol. The van der Waals surface area contributed by atoms with Crippen molar-refractivity contribution in [2.45, 2.75) is 19.5 Å². The van der Waals surface area contributed by atoms with Crippen molar-refractivity contribution in [3.8, 4) is 11.1 Å². The maximum Gasteiger partial charge on any atom is 0.195 e. The predicted molar refractivity (Wildman–Crippen MR) is 103 cm³/mol. The summed E-state index contributed by atoms with van der Waals surface area (Å²) in [4.78, 5) is 4.16. The molecule has 0 radical (unpaired) electrons. The number of halogens is 1. The van der Waals surface area contributed by atoms with Gasteiger partial charge in [0, 0.05) is 16.8 Å². The minimum Gasteiger partial charge on any atom is -1.00 e. The molecule has 5 rings (SSSR count). The molecule has 132 valence electrons. The molecule has 0 amide bonds. The van der Waals surface area contributed by atoms with Crippen LogP contribution < -0.4 is 26.8 Å². The normalized spacial score (nSPS) is 20.0. The van der Waals surface area contributed by atoms with Gasteiger partial charge in [-0.25, -0.2) is 0 Å². The summed E-state index contributed by atoms with van der Waals surface area (Å²) in [7, 11) is 0. The molecule has 2 aliphatic rings. The Morgan fingerprint density at radius 2 is 1.58 bits per heavy atom. The molecule has 0 aliphatic carbocycles. The first kappa shape index (κ1) is 17.3. The number of quaternary nitrogens is 1. The summed E-state index contributed by atoms with van der Waals surface area (Å²) in [6, 6.07) is 27.0. The highest BCUT2D eigenvalue weighted by Gasteiger charge is 2.43. The van der Waals surface area contributed by atoms with Crippen LogP contribution in [0.2, 0.25) is 0 Å². The number of benzene rings is 3. The van der Waals surface area contributed by atoms with E-state index in [9.17, 15) is 0 Å². The van der Waals surface area contributed by atoms with Gasteiger partial charge in [0.15, 0.2) is 6.17 Å². The molecule has 2 unspecified atom stereocenters. The summed E-state index contributed by atoms with van der Waals surface area (Å²) in [5.74, 6) is 0. The van der Waals surface area contributed by atoms with Gasteiger partial charge in [0.2, 0.25) is 0 Å². The van der Waals surface area contributed by atoms with Crippen molar-refractivity contribution in [1.29, 1.82) is 0 Å². The zero-order valence-electron chi connectivity index (χ0n) is 15.0. The van der Waals surface area contributed by atoms with Crippen molar-refractivity contribution in [3.05, 3.63) is 83.9 Å². The van der Waals surface area contributed by atoms with Crippen molar-refractivity contribution < 1.29 is 21.9 Å². The molecular formula is C23H23BrN2. The first-order valence-corrected chi connectivity index (χ1v) is 9.27. The molecule has 0 saturated carbocycles. The fraction of sp³-hybridized carbons (Fsp3) is 0.217. The molecule has 0 bridgehead atoms. The fourth-order valence-corrected chi connectivity index (χ4v) is 4.51. The molecule has 0 aromatic heterocycles. The summed E-state index contributed by atoms with van der Waals surface area (Å²) in [5.41, 5.74) is 8.43. The smallest absolute Gasteiger partial charge is 0.195 e. The van der Waals surface area contributed by atoms with E-state index in [-0.39, 0.29) is 17.0 Å². The average Bonchev–Trinajstić information content (AvgIpc) is 3.14. The topological polar surface area (TPSA) is 7.68 Å². The molecule has 1 fully saturated rings. The molecule has 1 saturated heterocycles. The maximum atomic E-state index is 2.59. The van der Waals surface area contributed by atoms with Crippen LogP contribution in [0.25, 0.3) is 11.1 Å². The number of hydrogen-bond acceptors (Lipinski definition) is 1. The van der Waals surface area contributed by atoms with Crippen molar-refractivity contribution in [3.63, 3.8) is 0 Å². The lowest BCUT2D eigenvalue weighted by Gasteiger charge is -2.34. The number of rotatable bonds is 2. The molecule has 1 N–H and O–H groups in total. The van der Waals surface area contributed by atoms with Gasteiger partial charge in [0.25, 0.3) is 0 Å². The van der Waals surface area contributed by atoms with Crippen LogP contribution in [0.1, 0.15) is 24.2 Å². The van der Waals surface area contributed by atoms with E-state index < -0.39 is 0 Å². The van der Waals surface area contributed by atoms with Crippen LogP contribution in [-0.2, 0) is 6.42 Å². The van der Waals surface area contributed by atoms with Crippen molar-refractivity contribution >= 4 is 11.4 Å². The highest BCUT2D eigenvalue weighted by molar-refractivity contribution is 5.78. The molecule has 2 heterocycles. The van der Waals surface area contributed by atoms with Gasteiger partial charge in [0.1, 0.15) is 12.2 Å². The summed E-state index contributed by atoms with van der Waals surface area (Å²) in [6.45, 7) is 4.45. The van der Waals surface area contributed by atoms with Gasteiger partial charge in [-0.1, -0.05) is 55.5 Å². The molecule has 3 heteroatoms. The molecule has 2 aliphatic heterocycles.